The highest BCUT2D eigenvalue weighted by molar-refractivity contribution is 6.59. The Morgan fingerprint density at radius 2 is 2.20 bits per heavy atom. The third-order valence-corrected chi connectivity index (χ3v) is 2.74. The van der Waals surface area contributed by atoms with Crippen molar-refractivity contribution in [1.29, 1.82) is 0 Å². The molecule has 0 fully saturated rings. The molecule has 2 N–H and O–H groups in total. The van der Waals surface area contributed by atoms with Crippen molar-refractivity contribution in [1.82, 2.24) is 14.8 Å². The van der Waals surface area contributed by atoms with Crippen LogP contribution in [0.1, 0.15) is 19.2 Å². The lowest BCUT2D eigenvalue weighted by atomic mass is 9.79. The van der Waals surface area contributed by atoms with Gasteiger partial charge in [-0.3, -0.25) is 0 Å². The van der Waals surface area contributed by atoms with Crippen molar-refractivity contribution < 1.29 is 19.2 Å². The van der Waals surface area contributed by atoms with E-state index in [1.54, 1.807) is 4.68 Å². The minimum atomic E-state index is -1.72. The van der Waals surface area contributed by atoms with Gasteiger partial charge in [0.05, 0.1) is 0 Å². The van der Waals surface area contributed by atoms with Crippen molar-refractivity contribution in [2.75, 3.05) is 0 Å². The maximum absolute atomic E-state index is 13.2. The number of ether oxygens (including phenoxy) is 1. The zero-order valence-corrected chi connectivity index (χ0v) is 11.0. The Morgan fingerprint density at radius 1 is 1.40 bits per heavy atom. The third kappa shape index (κ3) is 3.34. The number of aromatic nitrogens is 3. The van der Waals surface area contributed by atoms with Crippen molar-refractivity contribution in [2.45, 2.75) is 26.5 Å². The molecule has 0 radical (unpaired) electrons. The van der Waals surface area contributed by atoms with E-state index < -0.39 is 12.9 Å². The maximum Gasteiger partial charge on any atom is 0.492 e. The van der Waals surface area contributed by atoms with Gasteiger partial charge in [0, 0.05) is 18.1 Å². The van der Waals surface area contributed by atoms with Gasteiger partial charge in [0.2, 0.25) is 0 Å². The Morgan fingerprint density at radius 3 is 2.90 bits per heavy atom. The van der Waals surface area contributed by atoms with Gasteiger partial charge in [-0.05, 0) is 12.5 Å². The molecule has 8 heteroatoms. The van der Waals surface area contributed by atoms with Gasteiger partial charge in [-0.1, -0.05) is 13.0 Å². The number of nitrogens with zero attached hydrogens (tertiary/aromatic N) is 3. The fraction of sp³-hybridized carbons (Fsp3) is 0.333. The zero-order valence-electron chi connectivity index (χ0n) is 11.0. The normalized spacial score (nSPS) is 10.6. The average Bonchev–Trinajstić information content (AvgIpc) is 2.84. The van der Waals surface area contributed by atoms with Crippen LogP contribution in [0.5, 0.6) is 5.75 Å². The van der Waals surface area contributed by atoms with Crippen LogP contribution in [-0.4, -0.2) is 31.9 Å². The number of rotatable bonds is 6. The Balaban J connectivity index is 2.14. The van der Waals surface area contributed by atoms with Crippen LogP contribution >= 0.6 is 0 Å². The molecule has 0 atom stereocenters. The number of benzene rings is 1. The van der Waals surface area contributed by atoms with Crippen molar-refractivity contribution in [3.63, 3.8) is 0 Å². The van der Waals surface area contributed by atoms with E-state index in [0.29, 0.717) is 12.4 Å². The fourth-order valence-corrected chi connectivity index (χ4v) is 1.79. The maximum atomic E-state index is 13.2. The Kier molecular flexibility index (Phi) is 4.70. The van der Waals surface area contributed by atoms with Crippen LogP contribution in [0, 0.1) is 5.82 Å². The molecule has 1 aromatic carbocycles. The Bertz CT molecular complexity index is 577. The molecular weight excluding hydrogens is 264 g/mol. The summed E-state index contributed by atoms with van der Waals surface area (Å²) in [4.78, 5) is 4.05. The van der Waals surface area contributed by atoms with E-state index in [9.17, 15) is 14.4 Å². The summed E-state index contributed by atoms with van der Waals surface area (Å²) in [6.45, 7) is 2.79. The van der Waals surface area contributed by atoms with Crippen LogP contribution in [0.3, 0.4) is 0 Å². The van der Waals surface area contributed by atoms with Gasteiger partial charge in [0.15, 0.2) is 5.82 Å². The fourth-order valence-electron chi connectivity index (χ4n) is 1.79. The van der Waals surface area contributed by atoms with Crippen molar-refractivity contribution in [3.05, 3.63) is 36.2 Å². The van der Waals surface area contributed by atoms with Gasteiger partial charge < -0.3 is 14.8 Å². The second kappa shape index (κ2) is 6.49. The molecule has 0 bridgehead atoms. The molecule has 0 saturated heterocycles. The summed E-state index contributed by atoms with van der Waals surface area (Å²) in [5.41, 5.74) is 0.105. The second-order valence-electron chi connectivity index (χ2n) is 4.24. The molecule has 2 aromatic rings. The summed E-state index contributed by atoms with van der Waals surface area (Å²) >= 11 is 0. The molecule has 0 saturated carbocycles. The average molecular weight is 279 g/mol. The van der Waals surface area contributed by atoms with Gasteiger partial charge in [-0.2, -0.15) is 5.10 Å². The molecule has 0 spiro atoms. The monoisotopic (exact) mass is 279 g/mol. The highest BCUT2D eigenvalue weighted by Gasteiger charge is 2.18. The quantitative estimate of drug-likeness (QED) is 0.732. The standard InChI is InChI=1S/C12H15BFN3O3/c1-2-5-17-12(15-8-16-17)7-20-11-6-9(14)3-4-10(11)13(18)19/h3-4,6,8,18-19H,2,5,7H2,1H3. The van der Waals surface area contributed by atoms with Gasteiger partial charge in [-0.15, -0.1) is 0 Å². The largest absolute Gasteiger partial charge is 0.492 e. The lowest BCUT2D eigenvalue weighted by molar-refractivity contribution is 0.285. The molecule has 0 aliphatic carbocycles. The Hall–Kier alpha value is -1.93. The number of halogens is 1. The highest BCUT2D eigenvalue weighted by atomic mass is 19.1. The van der Waals surface area contributed by atoms with Crippen LogP contribution in [0.25, 0.3) is 0 Å². The summed E-state index contributed by atoms with van der Waals surface area (Å²) in [6, 6.07) is 3.52. The van der Waals surface area contributed by atoms with Gasteiger partial charge in [0.25, 0.3) is 0 Å². The smallest absolute Gasteiger partial charge is 0.486 e. The summed E-state index contributed by atoms with van der Waals surface area (Å²) in [6.07, 6.45) is 2.32. The molecule has 6 nitrogen and oxygen atoms in total. The van der Waals surface area contributed by atoms with E-state index in [1.807, 2.05) is 6.92 Å². The van der Waals surface area contributed by atoms with Crippen LogP contribution in [0.15, 0.2) is 24.5 Å². The number of aryl methyl sites for hydroxylation is 1. The van der Waals surface area contributed by atoms with Crippen molar-refractivity contribution in [2.24, 2.45) is 0 Å². The molecule has 1 aromatic heterocycles. The summed E-state index contributed by atoms with van der Waals surface area (Å²) in [7, 11) is -1.72. The molecule has 20 heavy (non-hydrogen) atoms. The van der Waals surface area contributed by atoms with E-state index >= 15 is 0 Å². The molecule has 0 aliphatic rings. The minimum absolute atomic E-state index is 0.0726. The first-order chi connectivity index (χ1) is 9.61. The second-order valence-corrected chi connectivity index (χ2v) is 4.24. The predicted octanol–water partition coefficient (Wildman–Crippen LogP) is 0.0860. The van der Waals surface area contributed by atoms with Crippen LogP contribution in [0.4, 0.5) is 4.39 Å². The summed E-state index contributed by atoms with van der Waals surface area (Å²) < 4.78 is 20.3. The molecular formula is C12H15BFN3O3. The first-order valence-electron chi connectivity index (χ1n) is 6.27. The molecule has 2 rings (SSSR count). The van der Waals surface area contributed by atoms with E-state index in [1.165, 1.54) is 12.4 Å². The van der Waals surface area contributed by atoms with Gasteiger partial charge in [0.1, 0.15) is 24.5 Å². The summed E-state index contributed by atoms with van der Waals surface area (Å²) in [5.74, 6) is 0.153. The van der Waals surface area contributed by atoms with Crippen LogP contribution in [-0.2, 0) is 13.2 Å². The van der Waals surface area contributed by atoms with Crippen LogP contribution in [0.2, 0.25) is 0 Å². The topological polar surface area (TPSA) is 80.4 Å². The minimum Gasteiger partial charge on any atom is -0.486 e. The molecule has 0 unspecified atom stereocenters. The number of hydrogen-bond donors (Lipinski definition) is 2. The Labute approximate surface area is 116 Å². The predicted molar refractivity (Wildman–Crippen MR) is 70.9 cm³/mol. The summed E-state index contributed by atoms with van der Waals surface area (Å²) in [5, 5.41) is 22.5. The van der Waals surface area contributed by atoms with E-state index in [4.69, 9.17) is 4.74 Å². The van der Waals surface area contributed by atoms with Crippen LogP contribution < -0.4 is 10.2 Å². The van der Waals surface area contributed by atoms with Crippen molar-refractivity contribution >= 4 is 12.6 Å². The SMILES string of the molecule is CCCn1ncnc1COc1cc(F)ccc1B(O)O. The molecule has 0 amide bonds. The van der Waals surface area contributed by atoms with E-state index in [2.05, 4.69) is 10.1 Å². The molecule has 0 aliphatic heterocycles. The van der Waals surface area contributed by atoms with Gasteiger partial charge in [-0.25, -0.2) is 14.1 Å². The van der Waals surface area contributed by atoms with E-state index in [0.717, 1.165) is 18.6 Å². The highest BCUT2D eigenvalue weighted by Crippen LogP contribution is 2.12. The van der Waals surface area contributed by atoms with Gasteiger partial charge >= 0.3 is 7.12 Å². The first kappa shape index (κ1) is 14.5. The molecule has 1 heterocycles. The first-order valence-corrected chi connectivity index (χ1v) is 6.27. The van der Waals surface area contributed by atoms with Crippen molar-refractivity contribution in [3.8, 4) is 5.75 Å². The lowest BCUT2D eigenvalue weighted by Crippen LogP contribution is -2.31. The van der Waals surface area contributed by atoms with E-state index in [-0.39, 0.29) is 17.8 Å². The third-order valence-electron chi connectivity index (χ3n) is 2.74. The zero-order chi connectivity index (χ0) is 14.5. The number of hydrogen-bond acceptors (Lipinski definition) is 5. The lowest BCUT2D eigenvalue weighted by Gasteiger charge is -2.11. The molecule has 106 valence electrons.